The minimum absolute atomic E-state index is 0.315. The van der Waals surface area contributed by atoms with Crippen LogP contribution in [0, 0.1) is 12.8 Å². The Morgan fingerprint density at radius 1 is 1.32 bits per heavy atom. The summed E-state index contributed by atoms with van der Waals surface area (Å²) in [6.07, 6.45) is 3.85. The molecule has 1 aromatic rings. The third kappa shape index (κ3) is 6.27. The van der Waals surface area contributed by atoms with Crippen LogP contribution in [0.2, 0.25) is 5.02 Å². The number of halogens is 1. The number of aryl methyl sites for hydroxylation is 1. The molecule has 0 aliphatic carbocycles. The molecule has 124 valence electrons. The smallest absolute Gasteiger partial charge is 0.347 e. The molecule has 0 radical (unpaired) electrons. The molecule has 0 N–H and O–H groups in total. The van der Waals surface area contributed by atoms with E-state index in [4.69, 9.17) is 21.1 Å². The van der Waals surface area contributed by atoms with Gasteiger partial charge in [0, 0.05) is 5.02 Å². The third-order valence-corrected chi connectivity index (χ3v) is 4.01. The summed E-state index contributed by atoms with van der Waals surface area (Å²) in [5, 5.41) is 0.654. The molecule has 0 saturated heterocycles. The fraction of sp³-hybridized carbons (Fsp3) is 0.611. The van der Waals surface area contributed by atoms with Crippen molar-refractivity contribution in [2.45, 2.75) is 59.5 Å². The van der Waals surface area contributed by atoms with E-state index < -0.39 is 6.10 Å². The summed E-state index contributed by atoms with van der Waals surface area (Å²) in [7, 11) is 0. The second-order valence-electron chi connectivity index (χ2n) is 5.72. The number of rotatable bonds is 9. The predicted octanol–water partition coefficient (Wildman–Crippen LogP) is 5.18. The van der Waals surface area contributed by atoms with E-state index in [0.29, 0.717) is 23.3 Å². The van der Waals surface area contributed by atoms with Crippen molar-refractivity contribution >= 4 is 17.6 Å². The molecular weight excluding hydrogens is 300 g/mol. The van der Waals surface area contributed by atoms with Crippen LogP contribution in [0.25, 0.3) is 0 Å². The molecule has 0 amide bonds. The number of carbonyl (C=O) groups is 1. The van der Waals surface area contributed by atoms with Crippen LogP contribution in [-0.2, 0) is 9.53 Å². The molecule has 0 unspecified atom stereocenters. The molecule has 0 aromatic heterocycles. The molecule has 0 heterocycles. The zero-order valence-corrected chi connectivity index (χ0v) is 14.8. The van der Waals surface area contributed by atoms with Gasteiger partial charge in [0.05, 0.1) is 6.61 Å². The van der Waals surface area contributed by atoms with Crippen LogP contribution in [-0.4, -0.2) is 18.7 Å². The lowest BCUT2D eigenvalue weighted by molar-refractivity contribution is -0.152. The molecule has 4 heteroatoms. The van der Waals surface area contributed by atoms with Gasteiger partial charge in [-0.25, -0.2) is 4.79 Å². The van der Waals surface area contributed by atoms with Gasteiger partial charge in [-0.2, -0.15) is 0 Å². The Bertz CT molecular complexity index is 473. The number of hydrogen-bond donors (Lipinski definition) is 0. The maximum Gasteiger partial charge on any atom is 0.347 e. The van der Waals surface area contributed by atoms with Crippen molar-refractivity contribution in [3.8, 4) is 5.75 Å². The zero-order chi connectivity index (χ0) is 16.5. The number of ether oxygens (including phenoxy) is 2. The molecule has 1 aromatic carbocycles. The third-order valence-electron chi connectivity index (χ3n) is 3.78. The summed E-state index contributed by atoms with van der Waals surface area (Å²) in [4.78, 5) is 12.0. The quantitative estimate of drug-likeness (QED) is 0.587. The molecule has 2 atom stereocenters. The van der Waals surface area contributed by atoms with Crippen molar-refractivity contribution in [2.24, 2.45) is 5.92 Å². The normalized spacial score (nSPS) is 13.5. The fourth-order valence-corrected chi connectivity index (χ4v) is 2.43. The summed E-state index contributed by atoms with van der Waals surface area (Å²) in [6.45, 7) is 8.39. The molecule has 0 bridgehead atoms. The van der Waals surface area contributed by atoms with Crippen molar-refractivity contribution in [2.75, 3.05) is 6.61 Å². The summed E-state index contributed by atoms with van der Waals surface area (Å²) in [5.41, 5.74) is 0.904. The number of carbonyl (C=O) groups excluding carboxylic acids is 1. The van der Waals surface area contributed by atoms with Gasteiger partial charge in [-0.3, -0.25) is 0 Å². The Balaban J connectivity index is 2.47. The van der Waals surface area contributed by atoms with Crippen LogP contribution in [0.5, 0.6) is 5.75 Å². The molecule has 0 spiro atoms. The highest BCUT2D eigenvalue weighted by Gasteiger charge is 2.19. The van der Waals surface area contributed by atoms with Crippen LogP contribution in [0.1, 0.15) is 52.0 Å². The van der Waals surface area contributed by atoms with Crippen molar-refractivity contribution in [3.63, 3.8) is 0 Å². The van der Waals surface area contributed by atoms with Gasteiger partial charge in [0.25, 0.3) is 0 Å². The van der Waals surface area contributed by atoms with Gasteiger partial charge in [-0.05, 0) is 49.9 Å². The minimum Gasteiger partial charge on any atom is -0.479 e. The van der Waals surface area contributed by atoms with Gasteiger partial charge in [0.15, 0.2) is 6.10 Å². The highest BCUT2D eigenvalue weighted by Crippen LogP contribution is 2.23. The molecule has 0 aliphatic heterocycles. The first kappa shape index (κ1) is 18.8. The van der Waals surface area contributed by atoms with E-state index in [9.17, 15) is 4.79 Å². The van der Waals surface area contributed by atoms with E-state index in [-0.39, 0.29) is 5.97 Å². The summed E-state index contributed by atoms with van der Waals surface area (Å²) < 4.78 is 11.1. The SMILES string of the molecule is CCCC[C@@H](CC)COC(=O)[C@H](C)Oc1ccc(Cl)cc1C. The standard InChI is InChI=1S/C18H27ClO3/c1-5-7-8-15(6-2)12-21-18(20)14(4)22-17-10-9-16(19)11-13(17)3/h9-11,14-15H,5-8,12H2,1-4H3/t14-,15+/m0/s1. The topological polar surface area (TPSA) is 35.5 Å². The maximum absolute atomic E-state index is 12.0. The minimum atomic E-state index is -0.622. The van der Waals surface area contributed by atoms with Crippen molar-refractivity contribution in [1.82, 2.24) is 0 Å². The van der Waals surface area contributed by atoms with Gasteiger partial charge >= 0.3 is 5.97 Å². The molecule has 0 saturated carbocycles. The summed E-state index contributed by atoms with van der Waals surface area (Å²) >= 11 is 5.91. The fourth-order valence-electron chi connectivity index (χ4n) is 2.20. The molecule has 0 aliphatic rings. The van der Waals surface area contributed by atoms with Crippen molar-refractivity contribution in [3.05, 3.63) is 28.8 Å². The zero-order valence-electron chi connectivity index (χ0n) is 14.0. The van der Waals surface area contributed by atoms with Gasteiger partial charge in [-0.1, -0.05) is 44.7 Å². The number of hydrogen-bond acceptors (Lipinski definition) is 3. The van der Waals surface area contributed by atoms with Gasteiger partial charge in [0.1, 0.15) is 5.75 Å². The molecular formula is C18H27ClO3. The number of unbranched alkanes of at least 4 members (excludes halogenated alkanes) is 1. The van der Waals surface area contributed by atoms with Crippen LogP contribution in [0.15, 0.2) is 18.2 Å². The Kier molecular flexibility index (Phi) is 8.32. The second kappa shape index (κ2) is 9.73. The number of esters is 1. The average Bonchev–Trinajstić information content (AvgIpc) is 2.49. The maximum atomic E-state index is 12.0. The number of benzene rings is 1. The first-order chi connectivity index (χ1) is 10.5. The lowest BCUT2D eigenvalue weighted by Crippen LogP contribution is -2.28. The average molecular weight is 327 g/mol. The first-order valence-electron chi connectivity index (χ1n) is 8.07. The summed E-state index contributed by atoms with van der Waals surface area (Å²) in [6, 6.07) is 5.34. The predicted molar refractivity (Wildman–Crippen MR) is 90.5 cm³/mol. The Hall–Kier alpha value is -1.22. The van der Waals surface area contributed by atoms with Crippen molar-refractivity contribution in [1.29, 1.82) is 0 Å². The Morgan fingerprint density at radius 3 is 2.64 bits per heavy atom. The van der Waals surface area contributed by atoms with E-state index in [1.165, 1.54) is 12.8 Å². The van der Waals surface area contributed by atoms with Crippen LogP contribution >= 0.6 is 11.6 Å². The van der Waals surface area contributed by atoms with Gasteiger partial charge < -0.3 is 9.47 Å². The molecule has 22 heavy (non-hydrogen) atoms. The van der Waals surface area contributed by atoms with E-state index >= 15 is 0 Å². The Morgan fingerprint density at radius 2 is 2.05 bits per heavy atom. The highest BCUT2D eigenvalue weighted by atomic mass is 35.5. The molecule has 3 nitrogen and oxygen atoms in total. The molecule has 0 fully saturated rings. The largest absolute Gasteiger partial charge is 0.479 e. The van der Waals surface area contributed by atoms with Gasteiger partial charge in [0.2, 0.25) is 0 Å². The van der Waals surface area contributed by atoms with Crippen LogP contribution < -0.4 is 4.74 Å². The van der Waals surface area contributed by atoms with E-state index in [2.05, 4.69) is 13.8 Å². The lowest BCUT2D eigenvalue weighted by Gasteiger charge is -2.18. The van der Waals surface area contributed by atoms with E-state index in [1.807, 2.05) is 13.0 Å². The van der Waals surface area contributed by atoms with Gasteiger partial charge in [-0.15, -0.1) is 0 Å². The second-order valence-corrected chi connectivity index (χ2v) is 6.15. The highest BCUT2D eigenvalue weighted by molar-refractivity contribution is 6.30. The molecule has 1 rings (SSSR count). The monoisotopic (exact) mass is 326 g/mol. The first-order valence-corrected chi connectivity index (χ1v) is 8.45. The van der Waals surface area contributed by atoms with Crippen LogP contribution in [0.3, 0.4) is 0 Å². The summed E-state index contributed by atoms with van der Waals surface area (Å²) in [5.74, 6) is 0.782. The van der Waals surface area contributed by atoms with Crippen LogP contribution in [0.4, 0.5) is 0 Å². The van der Waals surface area contributed by atoms with Crippen molar-refractivity contribution < 1.29 is 14.3 Å². The van der Waals surface area contributed by atoms with E-state index in [1.54, 1.807) is 19.1 Å². The lowest BCUT2D eigenvalue weighted by atomic mass is 10.0. The Labute approximate surface area is 139 Å². The van der Waals surface area contributed by atoms with E-state index in [0.717, 1.165) is 18.4 Å².